The van der Waals surface area contributed by atoms with E-state index in [0.717, 1.165) is 34.0 Å². The van der Waals surface area contributed by atoms with Crippen molar-refractivity contribution in [2.24, 2.45) is 0 Å². The van der Waals surface area contributed by atoms with E-state index < -0.39 is 0 Å². The number of thiophene rings is 1. The standard InChI is InChI=1S/C26H21N3S/c1-3-10-19(11-4-1)22(20-12-5-2-6-13-20)18-27-25-21-14-7-8-15-23(21)28-26(29-25)24-16-9-17-30-24/h1-17,22H,18H2,(H,27,28,29). The van der Waals surface area contributed by atoms with Crippen molar-refractivity contribution in [3.05, 3.63) is 114 Å². The molecule has 0 atom stereocenters. The molecule has 0 amide bonds. The Morgan fingerprint density at radius 2 is 1.37 bits per heavy atom. The lowest BCUT2D eigenvalue weighted by atomic mass is 9.91. The van der Waals surface area contributed by atoms with Crippen LogP contribution in [0, 0.1) is 0 Å². The molecule has 0 fully saturated rings. The van der Waals surface area contributed by atoms with Gasteiger partial charge in [-0.3, -0.25) is 0 Å². The van der Waals surface area contributed by atoms with Crippen LogP contribution < -0.4 is 5.32 Å². The van der Waals surface area contributed by atoms with Crippen molar-refractivity contribution in [1.82, 2.24) is 9.97 Å². The van der Waals surface area contributed by atoms with Crippen molar-refractivity contribution in [3.8, 4) is 10.7 Å². The summed E-state index contributed by atoms with van der Waals surface area (Å²) in [5, 5.41) is 6.74. The molecule has 2 aromatic heterocycles. The van der Waals surface area contributed by atoms with Gasteiger partial charge >= 0.3 is 0 Å². The minimum absolute atomic E-state index is 0.228. The van der Waals surface area contributed by atoms with E-state index in [9.17, 15) is 0 Å². The lowest BCUT2D eigenvalue weighted by molar-refractivity contribution is 0.849. The molecule has 3 nitrogen and oxygen atoms in total. The first-order chi connectivity index (χ1) is 14.9. The van der Waals surface area contributed by atoms with Gasteiger partial charge in [-0.25, -0.2) is 9.97 Å². The Morgan fingerprint density at radius 1 is 0.700 bits per heavy atom. The third kappa shape index (κ3) is 3.82. The maximum absolute atomic E-state index is 4.89. The molecule has 0 bridgehead atoms. The highest BCUT2D eigenvalue weighted by Crippen LogP contribution is 2.29. The molecule has 1 N–H and O–H groups in total. The van der Waals surface area contributed by atoms with Gasteiger partial charge in [0.15, 0.2) is 5.82 Å². The van der Waals surface area contributed by atoms with E-state index in [4.69, 9.17) is 9.97 Å². The summed E-state index contributed by atoms with van der Waals surface area (Å²) in [7, 11) is 0. The Balaban J connectivity index is 1.53. The van der Waals surface area contributed by atoms with Crippen LogP contribution in [0.1, 0.15) is 17.0 Å². The van der Waals surface area contributed by atoms with Gasteiger partial charge < -0.3 is 5.32 Å². The van der Waals surface area contributed by atoms with Gasteiger partial charge in [0, 0.05) is 17.8 Å². The van der Waals surface area contributed by atoms with Gasteiger partial charge in [0.1, 0.15) is 5.82 Å². The summed E-state index contributed by atoms with van der Waals surface area (Å²) in [5.41, 5.74) is 3.52. The van der Waals surface area contributed by atoms with E-state index in [-0.39, 0.29) is 5.92 Å². The maximum atomic E-state index is 4.89. The number of hydrogen-bond donors (Lipinski definition) is 1. The number of anilines is 1. The third-order valence-corrected chi connectivity index (χ3v) is 6.09. The Bertz CT molecular complexity index is 1200. The van der Waals surface area contributed by atoms with E-state index >= 15 is 0 Å². The second-order valence-corrected chi connectivity index (χ2v) is 8.09. The topological polar surface area (TPSA) is 37.8 Å². The number of nitrogens with zero attached hydrogens (tertiary/aromatic N) is 2. The first-order valence-corrected chi connectivity index (χ1v) is 10.9. The van der Waals surface area contributed by atoms with Crippen molar-refractivity contribution in [1.29, 1.82) is 0 Å². The molecule has 0 aliphatic carbocycles. The SMILES string of the molecule is c1ccc(C(CNc2nc(-c3cccs3)nc3ccccc23)c2ccccc2)cc1. The fourth-order valence-corrected chi connectivity index (χ4v) is 4.38. The average molecular weight is 408 g/mol. The summed E-state index contributed by atoms with van der Waals surface area (Å²) in [6.45, 7) is 0.749. The monoisotopic (exact) mass is 407 g/mol. The number of nitrogens with one attached hydrogen (secondary N) is 1. The molecule has 0 saturated heterocycles. The molecule has 3 aromatic carbocycles. The van der Waals surface area contributed by atoms with Crippen LogP contribution in [0.4, 0.5) is 5.82 Å². The maximum Gasteiger partial charge on any atom is 0.172 e. The number of para-hydroxylation sites is 1. The van der Waals surface area contributed by atoms with Crippen LogP contribution in [-0.2, 0) is 0 Å². The highest BCUT2D eigenvalue weighted by molar-refractivity contribution is 7.13. The van der Waals surface area contributed by atoms with Crippen LogP contribution in [0.25, 0.3) is 21.6 Å². The largest absolute Gasteiger partial charge is 0.368 e. The summed E-state index contributed by atoms with van der Waals surface area (Å²) in [5.74, 6) is 1.87. The van der Waals surface area contributed by atoms with Crippen LogP contribution >= 0.6 is 11.3 Å². The summed E-state index contributed by atoms with van der Waals surface area (Å²) in [6.07, 6.45) is 0. The average Bonchev–Trinajstić information content (AvgIpc) is 3.36. The molecule has 146 valence electrons. The Morgan fingerprint density at radius 3 is 2.03 bits per heavy atom. The fourth-order valence-electron chi connectivity index (χ4n) is 3.72. The second-order valence-electron chi connectivity index (χ2n) is 7.15. The molecule has 0 unspecified atom stereocenters. The lowest BCUT2D eigenvalue weighted by Crippen LogP contribution is -2.15. The van der Waals surface area contributed by atoms with Crippen LogP contribution in [-0.4, -0.2) is 16.5 Å². The summed E-state index contributed by atoms with van der Waals surface area (Å²) < 4.78 is 0. The van der Waals surface area contributed by atoms with E-state index in [1.54, 1.807) is 11.3 Å². The van der Waals surface area contributed by atoms with Crippen LogP contribution in [0.5, 0.6) is 0 Å². The van der Waals surface area contributed by atoms with E-state index in [2.05, 4.69) is 83.5 Å². The van der Waals surface area contributed by atoms with Gasteiger partial charge in [0.2, 0.25) is 0 Å². The summed E-state index contributed by atoms with van der Waals surface area (Å²) >= 11 is 1.66. The van der Waals surface area contributed by atoms with Crippen LogP contribution in [0.3, 0.4) is 0 Å². The van der Waals surface area contributed by atoms with Gasteiger partial charge in [-0.2, -0.15) is 0 Å². The molecule has 5 rings (SSSR count). The van der Waals surface area contributed by atoms with Crippen molar-refractivity contribution in [3.63, 3.8) is 0 Å². The molecule has 0 aliphatic rings. The van der Waals surface area contributed by atoms with Crippen LogP contribution in [0.15, 0.2) is 102 Å². The van der Waals surface area contributed by atoms with E-state index in [0.29, 0.717) is 0 Å². The normalized spacial score (nSPS) is 11.1. The molecule has 0 saturated carbocycles. The number of fused-ring (bicyclic) bond motifs is 1. The highest BCUT2D eigenvalue weighted by Gasteiger charge is 2.16. The zero-order valence-electron chi connectivity index (χ0n) is 16.4. The first kappa shape index (κ1) is 18.5. The Labute approximate surface area is 180 Å². The minimum atomic E-state index is 0.228. The summed E-state index contributed by atoms with van der Waals surface area (Å²) in [4.78, 5) is 10.7. The molecule has 0 aliphatic heterocycles. The van der Waals surface area contributed by atoms with Crippen molar-refractivity contribution < 1.29 is 0 Å². The molecular weight excluding hydrogens is 386 g/mol. The Kier molecular flexibility index (Phi) is 5.23. The zero-order valence-corrected chi connectivity index (χ0v) is 17.2. The molecule has 0 spiro atoms. The van der Waals surface area contributed by atoms with E-state index in [1.165, 1.54) is 11.1 Å². The predicted octanol–water partition coefficient (Wildman–Crippen LogP) is 6.60. The molecule has 4 heteroatoms. The molecule has 0 radical (unpaired) electrons. The first-order valence-electron chi connectivity index (χ1n) is 10.0. The number of benzene rings is 3. The second kappa shape index (κ2) is 8.47. The lowest BCUT2D eigenvalue weighted by Gasteiger charge is -2.20. The van der Waals surface area contributed by atoms with Gasteiger partial charge in [-0.1, -0.05) is 78.9 Å². The van der Waals surface area contributed by atoms with Gasteiger partial charge in [-0.15, -0.1) is 11.3 Å². The predicted molar refractivity (Wildman–Crippen MR) is 126 cm³/mol. The minimum Gasteiger partial charge on any atom is -0.368 e. The van der Waals surface area contributed by atoms with Crippen molar-refractivity contribution in [2.45, 2.75) is 5.92 Å². The van der Waals surface area contributed by atoms with Gasteiger partial charge in [-0.05, 0) is 34.7 Å². The fraction of sp³-hybridized carbons (Fsp3) is 0.0769. The third-order valence-electron chi connectivity index (χ3n) is 5.22. The van der Waals surface area contributed by atoms with Crippen molar-refractivity contribution in [2.75, 3.05) is 11.9 Å². The number of rotatable bonds is 6. The Hall–Kier alpha value is -3.50. The van der Waals surface area contributed by atoms with E-state index in [1.807, 2.05) is 24.3 Å². The zero-order chi connectivity index (χ0) is 20.2. The van der Waals surface area contributed by atoms with Gasteiger partial charge in [0.05, 0.1) is 10.4 Å². The quantitative estimate of drug-likeness (QED) is 0.344. The van der Waals surface area contributed by atoms with Crippen LogP contribution in [0.2, 0.25) is 0 Å². The van der Waals surface area contributed by atoms with Crippen molar-refractivity contribution >= 4 is 28.1 Å². The summed E-state index contributed by atoms with van der Waals surface area (Å²) in [6, 6.07) is 33.5. The highest BCUT2D eigenvalue weighted by atomic mass is 32.1. The molecule has 2 heterocycles. The molecular formula is C26H21N3S. The molecule has 5 aromatic rings. The number of hydrogen-bond acceptors (Lipinski definition) is 4. The van der Waals surface area contributed by atoms with Gasteiger partial charge in [0.25, 0.3) is 0 Å². The number of aromatic nitrogens is 2. The molecule has 30 heavy (non-hydrogen) atoms. The smallest absolute Gasteiger partial charge is 0.172 e.